The standard InChI is InChI=1S/C22H23F2N3O3/c23-17-10-16(11-18(24)12-17)21(29)27-19(14-30-22(27)6-2-1-3-7-22)20(28)26-13-15-4-8-25-9-5-15/h4-5,8-12,19H,1-3,6-7,13-14H2,(H,26,28). The van der Waals surface area contributed by atoms with Crippen LogP contribution in [0.15, 0.2) is 42.7 Å². The molecule has 2 fully saturated rings. The first kappa shape index (κ1) is 20.4. The number of aromatic nitrogens is 1. The fourth-order valence-electron chi connectivity index (χ4n) is 4.30. The fraction of sp³-hybridized carbons (Fsp3) is 0.409. The van der Waals surface area contributed by atoms with Crippen LogP contribution in [0.25, 0.3) is 0 Å². The zero-order valence-electron chi connectivity index (χ0n) is 16.4. The molecule has 1 saturated heterocycles. The van der Waals surface area contributed by atoms with Crippen molar-refractivity contribution in [2.45, 2.75) is 50.4 Å². The highest BCUT2D eigenvalue weighted by molar-refractivity contribution is 5.98. The van der Waals surface area contributed by atoms with Crippen LogP contribution < -0.4 is 5.32 Å². The Morgan fingerprint density at radius 2 is 1.77 bits per heavy atom. The summed E-state index contributed by atoms with van der Waals surface area (Å²) in [6.45, 7) is 0.327. The third-order valence-corrected chi connectivity index (χ3v) is 5.74. The van der Waals surface area contributed by atoms with E-state index >= 15 is 0 Å². The van der Waals surface area contributed by atoms with Crippen LogP contribution in [0, 0.1) is 11.6 Å². The number of hydrogen-bond donors (Lipinski definition) is 1. The number of rotatable bonds is 4. The van der Waals surface area contributed by atoms with E-state index in [4.69, 9.17) is 4.74 Å². The third kappa shape index (κ3) is 4.05. The molecule has 2 aromatic rings. The van der Waals surface area contributed by atoms with Gasteiger partial charge in [-0.05, 0) is 55.5 Å². The molecule has 2 aliphatic rings. The van der Waals surface area contributed by atoms with Gasteiger partial charge in [0.1, 0.15) is 23.4 Å². The second kappa shape index (κ2) is 8.47. The lowest BCUT2D eigenvalue weighted by Crippen LogP contribution is -2.56. The minimum atomic E-state index is -0.920. The van der Waals surface area contributed by atoms with Gasteiger partial charge in [0.25, 0.3) is 5.91 Å². The number of carbonyl (C=O) groups is 2. The molecule has 1 aromatic heterocycles. The Bertz CT molecular complexity index is 912. The van der Waals surface area contributed by atoms with Gasteiger partial charge in [-0.15, -0.1) is 0 Å². The number of carbonyl (C=O) groups excluding carboxylic acids is 2. The minimum absolute atomic E-state index is 0.0473. The van der Waals surface area contributed by atoms with Crippen molar-refractivity contribution in [2.75, 3.05) is 6.61 Å². The molecule has 1 aliphatic carbocycles. The zero-order chi connectivity index (χ0) is 21.1. The second-order valence-electron chi connectivity index (χ2n) is 7.74. The van der Waals surface area contributed by atoms with Gasteiger partial charge in [-0.2, -0.15) is 0 Å². The Balaban J connectivity index is 1.60. The van der Waals surface area contributed by atoms with Crippen molar-refractivity contribution in [1.82, 2.24) is 15.2 Å². The summed E-state index contributed by atoms with van der Waals surface area (Å²) in [6.07, 6.45) is 7.16. The van der Waals surface area contributed by atoms with E-state index in [-0.39, 0.29) is 24.6 Å². The van der Waals surface area contributed by atoms with Crippen LogP contribution in [0.5, 0.6) is 0 Å². The van der Waals surface area contributed by atoms with Crippen LogP contribution in [0.2, 0.25) is 0 Å². The summed E-state index contributed by atoms with van der Waals surface area (Å²) in [5.74, 6) is -2.64. The first-order valence-electron chi connectivity index (χ1n) is 10.1. The Morgan fingerprint density at radius 3 is 2.43 bits per heavy atom. The number of nitrogens with one attached hydrogen (secondary N) is 1. The second-order valence-corrected chi connectivity index (χ2v) is 7.74. The smallest absolute Gasteiger partial charge is 0.257 e. The van der Waals surface area contributed by atoms with Crippen LogP contribution in [0.1, 0.15) is 48.0 Å². The van der Waals surface area contributed by atoms with Crippen LogP contribution in [0.3, 0.4) is 0 Å². The van der Waals surface area contributed by atoms with Crippen LogP contribution in [-0.2, 0) is 16.1 Å². The Hall–Kier alpha value is -2.87. The van der Waals surface area contributed by atoms with Crippen molar-refractivity contribution in [3.8, 4) is 0 Å². The molecule has 30 heavy (non-hydrogen) atoms. The summed E-state index contributed by atoms with van der Waals surface area (Å²) in [4.78, 5) is 31.7. The monoisotopic (exact) mass is 415 g/mol. The van der Waals surface area contributed by atoms with Gasteiger partial charge in [-0.1, -0.05) is 6.42 Å². The van der Waals surface area contributed by atoms with E-state index in [0.717, 1.165) is 37.0 Å². The summed E-state index contributed by atoms with van der Waals surface area (Å²) in [6, 6.07) is 5.40. The van der Waals surface area contributed by atoms with Gasteiger partial charge in [0.2, 0.25) is 5.91 Å². The van der Waals surface area contributed by atoms with Crippen LogP contribution >= 0.6 is 0 Å². The van der Waals surface area contributed by atoms with E-state index in [0.29, 0.717) is 18.9 Å². The number of nitrogens with zero attached hydrogens (tertiary/aromatic N) is 2. The molecular formula is C22H23F2N3O3. The summed E-state index contributed by atoms with van der Waals surface area (Å²) >= 11 is 0. The number of hydrogen-bond acceptors (Lipinski definition) is 4. The molecule has 1 aliphatic heterocycles. The van der Waals surface area contributed by atoms with E-state index in [1.54, 1.807) is 24.5 Å². The summed E-state index contributed by atoms with van der Waals surface area (Å²) < 4.78 is 33.5. The highest BCUT2D eigenvalue weighted by Crippen LogP contribution is 2.41. The SMILES string of the molecule is O=C(NCc1ccncc1)C1COC2(CCCCC2)N1C(=O)c1cc(F)cc(F)c1. The quantitative estimate of drug-likeness (QED) is 0.833. The van der Waals surface area contributed by atoms with Crippen molar-refractivity contribution in [2.24, 2.45) is 0 Å². The van der Waals surface area contributed by atoms with Crippen molar-refractivity contribution in [1.29, 1.82) is 0 Å². The zero-order valence-corrected chi connectivity index (χ0v) is 16.4. The molecule has 1 spiro atoms. The number of ether oxygens (including phenoxy) is 1. The molecule has 1 aromatic carbocycles. The van der Waals surface area contributed by atoms with Gasteiger partial charge in [-0.3, -0.25) is 19.5 Å². The number of pyridine rings is 1. The molecular weight excluding hydrogens is 392 g/mol. The van der Waals surface area contributed by atoms with Crippen molar-refractivity contribution >= 4 is 11.8 Å². The van der Waals surface area contributed by atoms with E-state index in [1.165, 1.54) is 4.90 Å². The molecule has 2 heterocycles. The van der Waals surface area contributed by atoms with Gasteiger partial charge in [0, 0.05) is 30.6 Å². The number of benzene rings is 1. The lowest BCUT2D eigenvalue weighted by molar-refractivity contribution is -0.127. The molecule has 6 nitrogen and oxygen atoms in total. The average Bonchev–Trinajstić information content (AvgIpc) is 3.10. The van der Waals surface area contributed by atoms with E-state index in [9.17, 15) is 18.4 Å². The molecule has 2 amide bonds. The molecule has 0 radical (unpaired) electrons. The molecule has 1 atom stereocenters. The maximum absolute atomic E-state index is 13.7. The van der Waals surface area contributed by atoms with Crippen molar-refractivity contribution < 1.29 is 23.1 Å². The Labute approximate surface area is 173 Å². The first-order valence-corrected chi connectivity index (χ1v) is 10.1. The normalized spacial score (nSPS) is 20.3. The number of halogens is 2. The lowest BCUT2D eigenvalue weighted by atomic mass is 9.89. The van der Waals surface area contributed by atoms with Gasteiger partial charge in [0.15, 0.2) is 0 Å². The molecule has 8 heteroatoms. The minimum Gasteiger partial charge on any atom is -0.353 e. The van der Waals surface area contributed by atoms with E-state index in [1.807, 2.05) is 0 Å². The highest BCUT2D eigenvalue weighted by Gasteiger charge is 2.53. The third-order valence-electron chi connectivity index (χ3n) is 5.74. The summed E-state index contributed by atoms with van der Waals surface area (Å²) in [5.41, 5.74) is -0.179. The predicted octanol–water partition coefficient (Wildman–Crippen LogP) is 3.18. The largest absolute Gasteiger partial charge is 0.353 e. The molecule has 1 N–H and O–H groups in total. The Kier molecular flexibility index (Phi) is 5.76. The van der Waals surface area contributed by atoms with E-state index in [2.05, 4.69) is 10.3 Å². The average molecular weight is 415 g/mol. The molecule has 158 valence electrons. The topological polar surface area (TPSA) is 71.5 Å². The molecule has 1 saturated carbocycles. The van der Waals surface area contributed by atoms with Gasteiger partial charge in [-0.25, -0.2) is 8.78 Å². The summed E-state index contributed by atoms with van der Waals surface area (Å²) in [5, 5.41) is 2.83. The van der Waals surface area contributed by atoms with Crippen LogP contribution in [0.4, 0.5) is 8.78 Å². The fourth-order valence-corrected chi connectivity index (χ4v) is 4.30. The van der Waals surface area contributed by atoms with Crippen molar-refractivity contribution in [3.05, 3.63) is 65.5 Å². The summed E-state index contributed by atoms with van der Waals surface area (Å²) in [7, 11) is 0. The highest BCUT2D eigenvalue weighted by atomic mass is 19.1. The molecule has 4 rings (SSSR count). The van der Waals surface area contributed by atoms with E-state index < -0.39 is 29.3 Å². The maximum atomic E-state index is 13.7. The van der Waals surface area contributed by atoms with Gasteiger partial charge >= 0.3 is 0 Å². The predicted molar refractivity (Wildman–Crippen MR) is 104 cm³/mol. The first-order chi connectivity index (χ1) is 14.5. The molecule has 1 unspecified atom stereocenters. The molecule has 0 bridgehead atoms. The Morgan fingerprint density at radius 1 is 1.10 bits per heavy atom. The number of amides is 2. The van der Waals surface area contributed by atoms with Gasteiger partial charge < -0.3 is 10.1 Å². The van der Waals surface area contributed by atoms with Crippen LogP contribution in [-0.4, -0.2) is 40.1 Å². The lowest BCUT2D eigenvalue weighted by Gasteiger charge is -2.41. The van der Waals surface area contributed by atoms with Gasteiger partial charge in [0.05, 0.1) is 6.61 Å². The van der Waals surface area contributed by atoms with Crippen molar-refractivity contribution in [3.63, 3.8) is 0 Å². The maximum Gasteiger partial charge on any atom is 0.257 e.